The fourth-order valence-electron chi connectivity index (χ4n) is 1.92. The fourth-order valence-corrected chi connectivity index (χ4v) is 1.92. The van der Waals surface area contributed by atoms with Gasteiger partial charge in [-0.15, -0.1) is 0 Å². The molecule has 2 N–H and O–H groups in total. The predicted octanol–water partition coefficient (Wildman–Crippen LogP) is 3.62. The van der Waals surface area contributed by atoms with Gasteiger partial charge in [0.15, 0.2) is 17.4 Å². The van der Waals surface area contributed by atoms with Crippen LogP contribution in [0.2, 0.25) is 0 Å². The molecular formula is C16H17F2NO. The molecule has 2 aromatic rings. The zero-order valence-electron chi connectivity index (χ0n) is 11.5. The Kier molecular flexibility index (Phi) is 4.35. The first kappa shape index (κ1) is 14.5. The van der Waals surface area contributed by atoms with Gasteiger partial charge in [0, 0.05) is 6.54 Å². The van der Waals surface area contributed by atoms with Crippen LogP contribution in [-0.2, 0) is 13.2 Å². The van der Waals surface area contributed by atoms with E-state index >= 15 is 0 Å². The van der Waals surface area contributed by atoms with E-state index in [4.69, 9.17) is 10.5 Å². The van der Waals surface area contributed by atoms with E-state index in [1.165, 1.54) is 17.7 Å². The summed E-state index contributed by atoms with van der Waals surface area (Å²) in [6.45, 7) is 4.20. The molecule has 0 aliphatic heterocycles. The average molecular weight is 277 g/mol. The smallest absolute Gasteiger partial charge is 0.191 e. The van der Waals surface area contributed by atoms with Gasteiger partial charge in [-0.25, -0.2) is 8.78 Å². The van der Waals surface area contributed by atoms with E-state index in [0.717, 1.165) is 11.1 Å². The summed E-state index contributed by atoms with van der Waals surface area (Å²) in [6.07, 6.45) is 0. The van der Waals surface area contributed by atoms with Crippen molar-refractivity contribution in [2.45, 2.75) is 27.0 Å². The molecule has 0 radical (unpaired) electrons. The first-order chi connectivity index (χ1) is 9.51. The molecule has 0 saturated carbocycles. The van der Waals surface area contributed by atoms with Crippen molar-refractivity contribution in [1.82, 2.24) is 0 Å². The molecule has 0 heterocycles. The lowest BCUT2D eigenvalue weighted by atomic mass is 10.1. The molecule has 106 valence electrons. The first-order valence-corrected chi connectivity index (χ1v) is 6.38. The number of halogens is 2. The molecule has 2 nitrogen and oxygen atoms in total. The Morgan fingerprint density at radius 1 is 0.950 bits per heavy atom. The van der Waals surface area contributed by atoms with E-state index in [2.05, 4.69) is 0 Å². The molecule has 0 fully saturated rings. The maximum Gasteiger partial charge on any atom is 0.191 e. The summed E-state index contributed by atoms with van der Waals surface area (Å²) in [6, 6.07) is 8.17. The highest BCUT2D eigenvalue weighted by Crippen LogP contribution is 2.24. The zero-order chi connectivity index (χ0) is 14.7. The van der Waals surface area contributed by atoms with E-state index in [-0.39, 0.29) is 18.9 Å². The molecule has 0 aliphatic carbocycles. The summed E-state index contributed by atoms with van der Waals surface area (Å²) in [5.74, 6) is -1.82. The van der Waals surface area contributed by atoms with Crippen molar-refractivity contribution < 1.29 is 13.5 Å². The second-order valence-electron chi connectivity index (χ2n) is 4.80. The SMILES string of the molecule is Cc1ccc(COc2c(F)cc(CN)cc2F)cc1C. The Balaban J connectivity index is 2.16. The molecule has 0 aromatic heterocycles. The van der Waals surface area contributed by atoms with E-state index in [1.807, 2.05) is 32.0 Å². The molecule has 0 spiro atoms. The molecule has 0 unspecified atom stereocenters. The van der Waals surface area contributed by atoms with Crippen LogP contribution in [0.25, 0.3) is 0 Å². The molecule has 0 bridgehead atoms. The van der Waals surface area contributed by atoms with Gasteiger partial charge in [0.25, 0.3) is 0 Å². The number of hydrogen-bond acceptors (Lipinski definition) is 2. The van der Waals surface area contributed by atoms with Crippen LogP contribution in [0.3, 0.4) is 0 Å². The van der Waals surface area contributed by atoms with Crippen molar-refractivity contribution >= 4 is 0 Å². The Morgan fingerprint density at radius 3 is 2.15 bits per heavy atom. The van der Waals surface area contributed by atoms with Crippen molar-refractivity contribution in [2.75, 3.05) is 0 Å². The summed E-state index contributed by atoms with van der Waals surface area (Å²) in [5, 5.41) is 0. The van der Waals surface area contributed by atoms with Gasteiger partial charge in [0.1, 0.15) is 6.61 Å². The highest BCUT2D eigenvalue weighted by molar-refractivity contribution is 5.33. The van der Waals surface area contributed by atoms with Crippen molar-refractivity contribution in [3.63, 3.8) is 0 Å². The van der Waals surface area contributed by atoms with E-state index in [9.17, 15) is 8.78 Å². The van der Waals surface area contributed by atoms with Gasteiger partial charge in [0.2, 0.25) is 0 Å². The molecule has 0 atom stereocenters. The van der Waals surface area contributed by atoms with Gasteiger partial charge in [-0.2, -0.15) is 0 Å². The molecule has 0 aliphatic rings. The topological polar surface area (TPSA) is 35.2 Å². The standard InChI is InChI=1S/C16H17F2NO/c1-10-3-4-12(5-11(10)2)9-20-16-14(17)6-13(8-19)7-15(16)18/h3-7H,8-9,19H2,1-2H3. The second kappa shape index (κ2) is 6.01. The number of nitrogens with two attached hydrogens (primary N) is 1. The Labute approximate surface area is 117 Å². The third-order valence-corrected chi connectivity index (χ3v) is 3.25. The second-order valence-corrected chi connectivity index (χ2v) is 4.80. The molecule has 0 saturated heterocycles. The van der Waals surface area contributed by atoms with Crippen molar-refractivity contribution in [3.8, 4) is 5.75 Å². The lowest BCUT2D eigenvalue weighted by Gasteiger charge is -2.11. The molecule has 0 amide bonds. The van der Waals surface area contributed by atoms with E-state index in [1.54, 1.807) is 0 Å². The van der Waals surface area contributed by atoms with Crippen molar-refractivity contribution in [3.05, 3.63) is 64.2 Å². The van der Waals surface area contributed by atoms with Crippen LogP contribution in [0.1, 0.15) is 22.3 Å². The largest absolute Gasteiger partial charge is 0.483 e. The minimum atomic E-state index is -0.728. The lowest BCUT2D eigenvalue weighted by molar-refractivity contribution is 0.273. The van der Waals surface area contributed by atoms with Crippen LogP contribution < -0.4 is 10.5 Å². The highest BCUT2D eigenvalue weighted by Gasteiger charge is 2.12. The Hall–Kier alpha value is -1.94. The predicted molar refractivity (Wildman–Crippen MR) is 74.5 cm³/mol. The molecule has 2 aromatic carbocycles. The van der Waals surface area contributed by atoms with Crippen LogP contribution >= 0.6 is 0 Å². The summed E-state index contributed by atoms with van der Waals surface area (Å²) in [7, 11) is 0. The molecule has 2 rings (SSSR count). The maximum absolute atomic E-state index is 13.7. The van der Waals surface area contributed by atoms with Crippen molar-refractivity contribution in [1.29, 1.82) is 0 Å². The number of ether oxygens (including phenoxy) is 1. The summed E-state index contributed by atoms with van der Waals surface area (Å²) in [5.41, 5.74) is 8.91. The quantitative estimate of drug-likeness (QED) is 0.926. The van der Waals surface area contributed by atoms with E-state index < -0.39 is 11.6 Å². The van der Waals surface area contributed by atoms with Crippen LogP contribution in [-0.4, -0.2) is 0 Å². The Morgan fingerprint density at radius 2 is 1.60 bits per heavy atom. The van der Waals surface area contributed by atoms with Crippen LogP contribution in [0, 0.1) is 25.5 Å². The third-order valence-electron chi connectivity index (χ3n) is 3.25. The summed E-state index contributed by atoms with van der Waals surface area (Å²) in [4.78, 5) is 0. The van der Waals surface area contributed by atoms with Gasteiger partial charge in [0.05, 0.1) is 0 Å². The molecule has 20 heavy (non-hydrogen) atoms. The van der Waals surface area contributed by atoms with Gasteiger partial charge in [-0.3, -0.25) is 0 Å². The van der Waals surface area contributed by atoms with Crippen LogP contribution in [0.5, 0.6) is 5.75 Å². The number of hydrogen-bond donors (Lipinski definition) is 1. The van der Waals surface area contributed by atoms with E-state index in [0.29, 0.717) is 5.56 Å². The third kappa shape index (κ3) is 3.14. The van der Waals surface area contributed by atoms with Gasteiger partial charge < -0.3 is 10.5 Å². The Bertz CT molecular complexity index is 603. The van der Waals surface area contributed by atoms with Gasteiger partial charge in [-0.05, 0) is 48.2 Å². The van der Waals surface area contributed by atoms with Gasteiger partial charge in [-0.1, -0.05) is 18.2 Å². The van der Waals surface area contributed by atoms with Crippen molar-refractivity contribution in [2.24, 2.45) is 5.73 Å². The summed E-state index contributed by atoms with van der Waals surface area (Å²) >= 11 is 0. The molecular weight excluding hydrogens is 260 g/mol. The minimum Gasteiger partial charge on any atom is -0.483 e. The van der Waals surface area contributed by atoms with Gasteiger partial charge >= 0.3 is 0 Å². The van der Waals surface area contributed by atoms with Crippen LogP contribution in [0.4, 0.5) is 8.78 Å². The average Bonchev–Trinajstić information content (AvgIpc) is 2.41. The fraction of sp³-hybridized carbons (Fsp3) is 0.250. The number of rotatable bonds is 4. The summed E-state index contributed by atoms with van der Waals surface area (Å²) < 4.78 is 32.7. The lowest BCUT2D eigenvalue weighted by Crippen LogP contribution is -2.03. The van der Waals surface area contributed by atoms with Crippen LogP contribution in [0.15, 0.2) is 30.3 Å². The number of aryl methyl sites for hydroxylation is 2. The normalized spacial score (nSPS) is 10.7. The monoisotopic (exact) mass is 277 g/mol. The first-order valence-electron chi connectivity index (χ1n) is 6.38. The molecule has 4 heteroatoms. The highest BCUT2D eigenvalue weighted by atomic mass is 19.1. The number of benzene rings is 2. The zero-order valence-corrected chi connectivity index (χ0v) is 11.5. The maximum atomic E-state index is 13.7. The minimum absolute atomic E-state index is 0.0886.